The minimum atomic E-state index is -0.350. The predicted octanol–water partition coefficient (Wildman–Crippen LogP) is 0.491. The fourth-order valence-corrected chi connectivity index (χ4v) is 0.886. The molecule has 4 heteroatoms. The van der Waals surface area contributed by atoms with Crippen LogP contribution in [0.15, 0.2) is 12.1 Å². The lowest BCUT2D eigenvalue weighted by atomic mass is 10.3. The molecule has 1 unspecified atom stereocenters. The maximum absolute atomic E-state index is 12.6. The molecule has 2 nitrogen and oxygen atoms in total. The predicted molar refractivity (Wildman–Crippen MR) is 44.6 cm³/mol. The molecule has 0 amide bonds. The molecule has 1 aromatic carbocycles. The molecule has 0 heterocycles. The summed E-state index contributed by atoms with van der Waals surface area (Å²) in [6, 6.07) is 2.69. The Kier molecular flexibility index (Phi) is 1.77. The number of rotatable bonds is 0. The van der Waals surface area contributed by atoms with Crippen molar-refractivity contribution in [3.8, 4) is 0 Å². The Morgan fingerprint density at radius 3 is 2.20 bits per heavy atom. The molecule has 10 heavy (non-hydrogen) atoms. The van der Waals surface area contributed by atoms with Gasteiger partial charge in [-0.25, -0.2) is 4.39 Å². The van der Waals surface area contributed by atoms with E-state index in [4.69, 9.17) is 11.5 Å². The number of anilines is 2. The molecular formula is C6H8FN2P. The first kappa shape index (κ1) is 7.29. The van der Waals surface area contributed by atoms with Crippen LogP contribution in [0.25, 0.3) is 0 Å². The lowest BCUT2D eigenvalue weighted by molar-refractivity contribution is 0.637. The number of hydrogen-bond acceptors (Lipinski definition) is 2. The lowest BCUT2D eigenvalue weighted by Gasteiger charge is -2.01. The van der Waals surface area contributed by atoms with Gasteiger partial charge in [-0.15, -0.1) is 9.24 Å². The van der Waals surface area contributed by atoms with Crippen LogP contribution in [0.3, 0.4) is 0 Å². The van der Waals surface area contributed by atoms with Crippen molar-refractivity contribution < 1.29 is 4.39 Å². The molecule has 0 spiro atoms. The molecule has 1 aromatic rings. The average molecular weight is 158 g/mol. The van der Waals surface area contributed by atoms with E-state index in [2.05, 4.69) is 9.24 Å². The van der Waals surface area contributed by atoms with Gasteiger partial charge in [0.05, 0.1) is 11.4 Å². The standard InChI is InChI=1S/C6H8FN2P/c7-3-1-4(8)5(9)2-6(3)10/h1-2H,8-10H2. The first-order valence-electron chi connectivity index (χ1n) is 2.71. The van der Waals surface area contributed by atoms with Crippen molar-refractivity contribution in [1.29, 1.82) is 0 Å². The van der Waals surface area contributed by atoms with Gasteiger partial charge in [0.1, 0.15) is 5.82 Å². The van der Waals surface area contributed by atoms with Crippen molar-refractivity contribution in [2.24, 2.45) is 0 Å². The molecule has 0 fully saturated rings. The molecule has 0 saturated carbocycles. The van der Waals surface area contributed by atoms with Gasteiger partial charge >= 0.3 is 0 Å². The summed E-state index contributed by atoms with van der Waals surface area (Å²) in [6.07, 6.45) is 0. The van der Waals surface area contributed by atoms with Gasteiger partial charge in [-0.2, -0.15) is 0 Å². The van der Waals surface area contributed by atoms with E-state index in [-0.39, 0.29) is 11.5 Å². The summed E-state index contributed by atoms with van der Waals surface area (Å²) in [7, 11) is 2.23. The van der Waals surface area contributed by atoms with Crippen LogP contribution >= 0.6 is 9.24 Å². The van der Waals surface area contributed by atoms with Crippen LogP contribution in [0.4, 0.5) is 15.8 Å². The molecule has 0 bridgehead atoms. The van der Waals surface area contributed by atoms with Crippen LogP contribution < -0.4 is 16.8 Å². The number of benzene rings is 1. The lowest BCUT2D eigenvalue weighted by Crippen LogP contribution is -2.04. The van der Waals surface area contributed by atoms with E-state index in [1.54, 1.807) is 0 Å². The number of halogens is 1. The van der Waals surface area contributed by atoms with Crippen LogP contribution in [0.1, 0.15) is 0 Å². The highest BCUT2D eigenvalue weighted by Crippen LogP contribution is 2.14. The summed E-state index contributed by atoms with van der Waals surface area (Å²) in [4.78, 5) is 0. The maximum Gasteiger partial charge on any atom is 0.132 e. The smallest absolute Gasteiger partial charge is 0.132 e. The molecular weight excluding hydrogens is 150 g/mol. The number of nitrogen functional groups attached to an aromatic ring is 2. The zero-order chi connectivity index (χ0) is 7.72. The summed E-state index contributed by atoms with van der Waals surface area (Å²) in [5.74, 6) is -0.350. The van der Waals surface area contributed by atoms with E-state index in [0.717, 1.165) is 0 Å². The van der Waals surface area contributed by atoms with Crippen molar-refractivity contribution >= 4 is 25.9 Å². The highest BCUT2D eigenvalue weighted by Gasteiger charge is 2.00. The number of nitrogens with two attached hydrogens (primary N) is 2. The van der Waals surface area contributed by atoms with Crippen LogP contribution in [0, 0.1) is 5.82 Å². The van der Waals surface area contributed by atoms with Crippen molar-refractivity contribution in [1.82, 2.24) is 0 Å². The van der Waals surface area contributed by atoms with E-state index in [0.29, 0.717) is 11.0 Å². The second-order valence-electron chi connectivity index (χ2n) is 2.00. The Bertz CT molecular complexity index is 212. The summed E-state index contributed by atoms with van der Waals surface area (Å²) in [5, 5.41) is 0.437. The highest BCUT2D eigenvalue weighted by molar-refractivity contribution is 7.27. The maximum atomic E-state index is 12.6. The zero-order valence-electron chi connectivity index (χ0n) is 5.26. The minimum absolute atomic E-state index is 0.281. The van der Waals surface area contributed by atoms with Crippen LogP contribution in [-0.4, -0.2) is 0 Å². The molecule has 0 saturated heterocycles. The van der Waals surface area contributed by atoms with Crippen LogP contribution in [-0.2, 0) is 0 Å². The average Bonchev–Trinajstić information content (AvgIpc) is 1.84. The monoisotopic (exact) mass is 158 g/mol. The molecule has 0 radical (unpaired) electrons. The topological polar surface area (TPSA) is 52.0 Å². The van der Waals surface area contributed by atoms with Gasteiger partial charge in [-0.1, -0.05) is 0 Å². The second kappa shape index (κ2) is 2.43. The van der Waals surface area contributed by atoms with Crippen molar-refractivity contribution in [2.45, 2.75) is 0 Å². The summed E-state index contributed by atoms with van der Waals surface area (Å²) in [5.41, 5.74) is 11.4. The third kappa shape index (κ3) is 1.19. The Morgan fingerprint density at radius 1 is 1.20 bits per heavy atom. The third-order valence-corrected chi connectivity index (χ3v) is 1.64. The molecule has 0 aliphatic heterocycles. The minimum Gasteiger partial charge on any atom is -0.397 e. The normalized spacial score (nSPS) is 9.80. The Labute approximate surface area is 60.6 Å². The fourth-order valence-electron chi connectivity index (χ4n) is 0.623. The molecule has 1 rings (SSSR count). The summed E-state index contributed by atoms with van der Waals surface area (Å²) >= 11 is 0. The Hall–Kier alpha value is -0.820. The molecule has 4 N–H and O–H groups in total. The van der Waals surface area contributed by atoms with Gasteiger partial charge in [-0.05, 0) is 12.1 Å². The van der Waals surface area contributed by atoms with E-state index in [1.165, 1.54) is 12.1 Å². The van der Waals surface area contributed by atoms with E-state index in [9.17, 15) is 4.39 Å². The van der Waals surface area contributed by atoms with E-state index >= 15 is 0 Å². The van der Waals surface area contributed by atoms with Crippen LogP contribution in [0.2, 0.25) is 0 Å². The van der Waals surface area contributed by atoms with Crippen molar-refractivity contribution in [3.05, 3.63) is 17.9 Å². The van der Waals surface area contributed by atoms with E-state index < -0.39 is 0 Å². The molecule has 0 aliphatic rings. The summed E-state index contributed by atoms with van der Waals surface area (Å²) < 4.78 is 12.6. The third-order valence-electron chi connectivity index (χ3n) is 1.20. The SMILES string of the molecule is Nc1cc(F)c(P)cc1N. The van der Waals surface area contributed by atoms with Gasteiger partial charge in [0.25, 0.3) is 0 Å². The summed E-state index contributed by atoms with van der Waals surface area (Å²) in [6.45, 7) is 0. The highest BCUT2D eigenvalue weighted by atomic mass is 31.0. The van der Waals surface area contributed by atoms with E-state index in [1.807, 2.05) is 0 Å². The molecule has 0 aromatic heterocycles. The van der Waals surface area contributed by atoms with Gasteiger partial charge in [0.2, 0.25) is 0 Å². The molecule has 1 atom stereocenters. The first-order chi connectivity index (χ1) is 4.61. The number of hydrogen-bond donors (Lipinski definition) is 2. The van der Waals surface area contributed by atoms with Crippen LogP contribution in [0.5, 0.6) is 0 Å². The Balaban J connectivity index is 3.28. The first-order valence-corrected chi connectivity index (χ1v) is 3.29. The fraction of sp³-hybridized carbons (Fsp3) is 0. The van der Waals surface area contributed by atoms with Crippen molar-refractivity contribution in [3.63, 3.8) is 0 Å². The Morgan fingerprint density at radius 2 is 1.70 bits per heavy atom. The quantitative estimate of drug-likeness (QED) is 0.426. The molecule has 0 aliphatic carbocycles. The molecule has 54 valence electrons. The largest absolute Gasteiger partial charge is 0.397 e. The van der Waals surface area contributed by atoms with Gasteiger partial charge in [-0.3, -0.25) is 0 Å². The van der Waals surface area contributed by atoms with Gasteiger partial charge in [0, 0.05) is 5.30 Å². The second-order valence-corrected chi connectivity index (χ2v) is 2.62. The zero-order valence-corrected chi connectivity index (χ0v) is 6.42. The van der Waals surface area contributed by atoms with Gasteiger partial charge < -0.3 is 11.5 Å². The van der Waals surface area contributed by atoms with Gasteiger partial charge in [0.15, 0.2) is 0 Å². The van der Waals surface area contributed by atoms with Crippen molar-refractivity contribution in [2.75, 3.05) is 11.5 Å².